The van der Waals surface area contributed by atoms with Gasteiger partial charge < -0.3 is 0 Å². The summed E-state index contributed by atoms with van der Waals surface area (Å²) in [6, 6.07) is 13.7. The Morgan fingerprint density at radius 3 is 2.36 bits per heavy atom. The molecule has 1 amide bonds. The molecule has 3 rings (SSSR count). The fourth-order valence-electron chi connectivity index (χ4n) is 2.50. The van der Waals surface area contributed by atoms with Crippen LogP contribution < -0.4 is 4.90 Å². The van der Waals surface area contributed by atoms with Gasteiger partial charge in [0.15, 0.2) is 5.13 Å². The molecule has 146 valence electrons. The minimum Gasteiger partial charge on any atom is -0.268 e. The molecule has 0 fully saturated rings. The molecule has 0 spiro atoms. The van der Waals surface area contributed by atoms with Gasteiger partial charge in [0.1, 0.15) is 0 Å². The van der Waals surface area contributed by atoms with E-state index < -0.39 is 10.0 Å². The quantitative estimate of drug-likeness (QED) is 0.542. The van der Waals surface area contributed by atoms with E-state index in [1.807, 2.05) is 42.6 Å². The fraction of sp³-hybridized carbons (Fsp3) is 0.158. The number of sulfonamides is 1. The summed E-state index contributed by atoms with van der Waals surface area (Å²) in [5.74, 6) is -0.358. The number of carbonyl (C=O) groups excluding carboxylic acids is 1. The van der Waals surface area contributed by atoms with Crippen molar-refractivity contribution in [1.29, 1.82) is 0 Å². The molecule has 0 bridgehead atoms. The molecular weight excluding hydrogens is 462 g/mol. The van der Waals surface area contributed by atoms with E-state index in [0.29, 0.717) is 15.3 Å². The van der Waals surface area contributed by atoms with Gasteiger partial charge >= 0.3 is 0 Å². The number of amides is 1. The van der Waals surface area contributed by atoms with Crippen LogP contribution in [0.1, 0.15) is 16.1 Å². The lowest BCUT2D eigenvalue weighted by Crippen LogP contribution is -2.27. The van der Waals surface area contributed by atoms with Crippen molar-refractivity contribution < 1.29 is 13.2 Å². The van der Waals surface area contributed by atoms with Crippen LogP contribution in [0.2, 0.25) is 0 Å². The first-order valence-electron chi connectivity index (χ1n) is 8.25. The number of anilines is 2. The molecule has 9 heteroatoms. The summed E-state index contributed by atoms with van der Waals surface area (Å²) in [5, 5.41) is 2.39. The lowest BCUT2D eigenvalue weighted by Gasteiger charge is -2.21. The Labute approximate surface area is 176 Å². The number of rotatable bonds is 5. The summed E-state index contributed by atoms with van der Waals surface area (Å²) in [6.45, 7) is 1.86. The van der Waals surface area contributed by atoms with Crippen molar-refractivity contribution in [2.45, 2.75) is 11.8 Å². The highest BCUT2D eigenvalue weighted by atomic mass is 79.9. The van der Waals surface area contributed by atoms with Crippen LogP contribution in [0.4, 0.5) is 10.8 Å². The summed E-state index contributed by atoms with van der Waals surface area (Å²) in [4.78, 5) is 19.4. The molecular formula is C19H18BrN3O3S2. The SMILES string of the molecule is Cc1csc(N(C(=O)c2ccc(Br)c(S(=O)(=O)N(C)C)c2)c2ccccc2)n1. The highest BCUT2D eigenvalue weighted by Crippen LogP contribution is 2.32. The summed E-state index contributed by atoms with van der Waals surface area (Å²) in [7, 11) is -0.813. The number of thiazole rings is 1. The van der Waals surface area contributed by atoms with Gasteiger partial charge in [-0.25, -0.2) is 17.7 Å². The second-order valence-electron chi connectivity index (χ2n) is 6.18. The number of para-hydroxylation sites is 1. The van der Waals surface area contributed by atoms with Gasteiger partial charge in [-0.2, -0.15) is 0 Å². The van der Waals surface area contributed by atoms with Crippen LogP contribution in [0.3, 0.4) is 0 Å². The van der Waals surface area contributed by atoms with E-state index in [9.17, 15) is 13.2 Å². The van der Waals surface area contributed by atoms with Crippen LogP contribution in [0.25, 0.3) is 0 Å². The zero-order valence-electron chi connectivity index (χ0n) is 15.5. The monoisotopic (exact) mass is 479 g/mol. The molecule has 28 heavy (non-hydrogen) atoms. The Morgan fingerprint density at radius 2 is 1.79 bits per heavy atom. The van der Waals surface area contributed by atoms with Gasteiger partial charge in [-0.15, -0.1) is 11.3 Å². The standard InChI is InChI=1S/C19H18BrN3O3S2/c1-13-12-27-19(21-13)23(15-7-5-4-6-8-15)18(24)14-9-10-16(20)17(11-14)28(25,26)22(2)3/h4-12H,1-3H3. The maximum atomic E-state index is 13.4. The maximum Gasteiger partial charge on any atom is 0.264 e. The van der Waals surface area contributed by atoms with Crippen LogP contribution in [0.5, 0.6) is 0 Å². The topological polar surface area (TPSA) is 70.6 Å². The average molecular weight is 480 g/mol. The van der Waals surface area contributed by atoms with Gasteiger partial charge in [0.2, 0.25) is 10.0 Å². The van der Waals surface area contributed by atoms with Crippen molar-refractivity contribution in [2.75, 3.05) is 19.0 Å². The summed E-state index contributed by atoms with van der Waals surface area (Å²) >= 11 is 4.62. The first-order valence-corrected chi connectivity index (χ1v) is 11.4. The summed E-state index contributed by atoms with van der Waals surface area (Å²) in [5.41, 5.74) is 1.71. The van der Waals surface area contributed by atoms with Crippen molar-refractivity contribution >= 4 is 54.0 Å². The Bertz CT molecular complexity index is 1110. The number of hydrogen-bond donors (Lipinski definition) is 0. The van der Waals surface area contributed by atoms with Crippen molar-refractivity contribution in [2.24, 2.45) is 0 Å². The van der Waals surface area contributed by atoms with Gasteiger partial charge in [0.05, 0.1) is 16.3 Å². The third kappa shape index (κ3) is 4.02. The van der Waals surface area contributed by atoms with Crippen LogP contribution in [0, 0.1) is 6.92 Å². The number of aryl methyl sites for hydroxylation is 1. The Balaban J connectivity index is 2.12. The van der Waals surface area contributed by atoms with Crippen molar-refractivity contribution in [3.63, 3.8) is 0 Å². The van der Waals surface area contributed by atoms with Crippen molar-refractivity contribution in [3.8, 4) is 0 Å². The molecule has 1 aromatic heterocycles. The van der Waals surface area contributed by atoms with E-state index in [4.69, 9.17) is 0 Å². The van der Waals surface area contributed by atoms with Crippen molar-refractivity contribution in [1.82, 2.24) is 9.29 Å². The van der Waals surface area contributed by atoms with E-state index in [2.05, 4.69) is 20.9 Å². The minimum atomic E-state index is -3.71. The molecule has 0 saturated heterocycles. The van der Waals surface area contributed by atoms with Gasteiger partial charge in [-0.05, 0) is 53.2 Å². The van der Waals surface area contributed by atoms with E-state index in [1.165, 1.54) is 36.4 Å². The molecule has 0 unspecified atom stereocenters. The largest absolute Gasteiger partial charge is 0.268 e. The molecule has 0 saturated carbocycles. The Kier molecular flexibility index (Phi) is 5.99. The predicted octanol–water partition coefficient (Wildman–Crippen LogP) is 4.44. The molecule has 6 nitrogen and oxygen atoms in total. The highest BCUT2D eigenvalue weighted by Gasteiger charge is 2.26. The number of aromatic nitrogens is 1. The Hall–Kier alpha value is -2.07. The van der Waals surface area contributed by atoms with Crippen LogP contribution in [-0.2, 0) is 10.0 Å². The molecule has 0 atom stereocenters. The summed E-state index contributed by atoms with van der Waals surface area (Å²) in [6.07, 6.45) is 0. The maximum absolute atomic E-state index is 13.4. The zero-order chi connectivity index (χ0) is 20.5. The first kappa shape index (κ1) is 20.7. The third-order valence-corrected chi connectivity index (χ3v) is 7.71. The van der Waals surface area contributed by atoms with E-state index in [1.54, 1.807) is 12.1 Å². The van der Waals surface area contributed by atoms with Gasteiger partial charge in [-0.1, -0.05) is 18.2 Å². The van der Waals surface area contributed by atoms with Gasteiger partial charge in [0, 0.05) is 29.5 Å². The molecule has 0 aliphatic carbocycles. The normalized spacial score (nSPS) is 11.6. The number of halogens is 1. The third-order valence-electron chi connectivity index (χ3n) is 3.95. The molecule has 0 radical (unpaired) electrons. The molecule has 0 aliphatic rings. The zero-order valence-corrected chi connectivity index (χ0v) is 18.7. The van der Waals surface area contributed by atoms with Crippen LogP contribution >= 0.6 is 27.3 Å². The average Bonchev–Trinajstić information content (AvgIpc) is 3.08. The van der Waals surface area contributed by atoms with Gasteiger partial charge in [-0.3, -0.25) is 9.69 Å². The number of benzene rings is 2. The minimum absolute atomic E-state index is 0.0340. The molecule has 0 aliphatic heterocycles. The lowest BCUT2D eigenvalue weighted by atomic mass is 10.2. The second-order valence-corrected chi connectivity index (χ2v) is 9.99. The Morgan fingerprint density at radius 1 is 1.11 bits per heavy atom. The van der Waals surface area contributed by atoms with Gasteiger partial charge in [0.25, 0.3) is 5.91 Å². The highest BCUT2D eigenvalue weighted by molar-refractivity contribution is 9.10. The van der Waals surface area contributed by atoms with E-state index >= 15 is 0 Å². The predicted molar refractivity (Wildman–Crippen MR) is 115 cm³/mol. The molecule has 0 N–H and O–H groups in total. The molecule has 3 aromatic rings. The number of hydrogen-bond acceptors (Lipinski definition) is 5. The summed E-state index contributed by atoms with van der Waals surface area (Å²) < 4.78 is 26.7. The number of carbonyl (C=O) groups is 1. The number of nitrogens with zero attached hydrogens (tertiary/aromatic N) is 3. The van der Waals surface area contributed by atoms with Crippen LogP contribution in [-0.4, -0.2) is 37.7 Å². The lowest BCUT2D eigenvalue weighted by molar-refractivity contribution is 0.0999. The van der Waals surface area contributed by atoms with Crippen LogP contribution in [0.15, 0.2) is 63.3 Å². The smallest absolute Gasteiger partial charge is 0.264 e. The molecule has 1 heterocycles. The molecule has 2 aromatic carbocycles. The second kappa shape index (κ2) is 8.12. The first-order chi connectivity index (χ1) is 13.2. The fourth-order valence-corrected chi connectivity index (χ4v) is 5.16. The van der Waals surface area contributed by atoms with Crippen molar-refractivity contribution in [3.05, 3.63) is 69.6 Å². The van der Waals surface area contributed by atoms with E-state index in [0.717, 1.165) is 10.00 Å². The van der Waals surface area contributed by atoms with E-state index in [-0.39, 0.29) is 16.4 Å².